The third-order valence-electron chi connectivity index (χ3n) is 4.34. The molecule has 1 atom stereocenters. The van der Waals surface area contributed by atoms with Crippen molar-refractivity contribution in [2.45, 2.75) is 46.2 Å². The van der Waals surface area contributed by atoms with E-state index in [1.807, 2.05) is 0 Å². The molecule has 2 rings (SSSR count). The van der Waals surface area contributed by atoms with Crippen LogP contribution in [0.15, 0.2) is 12.1 Å². The lowest BCUT2D eigenvalue weighted by atomic mass is 9.92. The van der Waals surface area contributed by atoms with E-state index in [-0.39, 0.29) is 11.6 Å². The van der Waals surface area contributed by atoms with E-state index in [9.17, 15) is 0 Å². The SMILES string of the molecule is Cc1cc(C)c(C(N)CN2CCOCC2(C)C)c(C)c1. The highest BCUT2D eigenvalue weighted by atomic mass is 16.5. The number of nitrogens with two attached hydrogens (primary N) is 1. The van der Waals surface area contributed by atoms with Crippen molar-refractivity contribution in [3.8, 4) is 0 Å². The minimum Gasteiger partial charge on any atom is -0.378 e. The second-order valence-electron chi connectivity index (χ2n) is 6.73. The van der Waals surface area contributed by atoms with Gasteiger partial charge in [-0.25, -0.2) is 0 Å². The smallest absolute Gasteiger partial charge is 0.0645 e. The van der Waals surface area contributed by atoms with Gasteiger partial charge in [0.15, 0.2) is 0 Å². The van der Waals surface area contributed by atoms with Gasteiger partial charge in [-0.15, -0.1) is 0 Å². The number of benzene rings is 1. The predicted octanol–water partition coefficient (Wildman–Crippen LogP) is 2.72. The van der Waals surface area contributed by atoms with Crippen molar-refractivity contribution in [1.82, 2.24) is 4.90 Å². The highest BCUT2D eigenvalue weighted by molar-refractivity contribution is 5.39. The molecular weight excluding hydrogens is 248 g/mol. The van der Waals surface area contributed by atoms with Gasteiger partial charge in [-0.1, -0.05) is 17.7 Å². The standard InChI is InChI=1S/C17H28N2O/c1-12-8-13(2)16(14(3)9-12)15(18)10-19-6-7-20-11-17(19,4)5/h8-9,15H,6-7,10-11,18H2,1-5H3. The number of morpholine rings is 1. The molecule has 1 aromatic rings. The van der Waals surface area contributed by atoms with E-state index in [0.717, 1.165) is 26.3 Å². The topological polar surface area (TPSA) is 38.5 Å². The summed E-state index contributed by atoms with van der Waals surface area (Å²) in [6.45, 7) is 14.4. The first-order valence-corrected chi connectivity index (χ1v) is 7.47. The van der Waals surface area contributed by atoms with Crippen LogP contribution in [0.3, 0.4) is 0 Å². The highest BCUT2D eigenvalue weighted by Crippen LogP contribution is 2.26. The summed E-state index contributed by atoms with van der Waals surface area (Å²) in [5, 5.41) is 0. The van der Waals surface area contributed by atoms with E-state index in [0.29, 0.717) is 0 Å². The summed E-state index contributed by atoms with van der Waals surface area (Å²) in [7, 11) is 0. The Balaban J connectivity index is 2.18. The molecule has 0 saturated carbocycles. The number of hydrogen-bond acceptors (Lipinski definition) is 3. The molecule has 0 amide bonds. The normalized spacial score (nSPS) is 20.9. The Morgan fingerprint density at radius 2 is 1.85 bits per heavy atom. The van der Waals surface area contributed by atoms with Crippen LogP contribution < -0.4 is 5.73 Å². The largest absolute Gasteiger partial charge is 0.378 e. The average Bonchev–Trinajstić information content (AvgIpc) is 2.30. The minimum atomic E-state index is 0.0629. The van der Waals surface area contributed by atoms with Crippen LogP contribution >= 0.6 is 0 Å². The summed E-state index contributed by atoms with van der Waals surface area (Å²) < 4.78 is 5.58. The van der Waals surface area contributed by atoms with Crippen LogP contribution in [0.2, 0.25) is 0 Å². The quantitative estimate of drug-likeness (QED) is 0.922. The molecule has 3 nitrogen and oxygen atoms in total. The summed E-state index contributed by atoms with van der Waals surface area (Å²) in [4.78, 5) is 2.46. The molecule has 2 N–H and O–H groups in total. The Labute approximate surface area is 123 Å². The van der Waals surface area contributed by atoms with Crippen LogP contribution in [0.4, 0.5) is 0 Å². The fourth-order valence-corrected chi connectivity index (χ4v) is 3.33. The Kier molecular flexibility index (Phi) is 4.52. The molecule has 1 saturated heterocycles. The summed E-state index contributed by atoms with van der Waals surface area (Å²) in [6.07, 6.45) is 0. The summed E-state index contributed by atoms with van der Waals surface area (Å²) in [6, 6.07) is 4.52. The third-order valence-corrected chi connectivity index (χ3v) is 4.34. The molecule has 1 heterocycles. The van der Waals surface area contributed by atoms with Gasteiger partial charge in [0.25, 0.3) is 0 Å². The molecule has 0 spiro atoms. The van der Waals surface area contributed by atoms with E-state index >= 15 is 0 Å². The Bertz CT molecular complexity index is 459. The second kappa shape index (κ2) is 5.84. The van der Waals surface area contributed by atoms with Crippen LogP contribution in [0, 0.1) is 20.8 Å². The van der Waals surface area contributed by atoms with Crippen LogP contribution in [0.1, 0.15) is 42.1 Å². The lowest BCUT2D eigenvalue weighted by Gasteiger charge is -2.43. The Morgan fingerprint density at radius 1 is 1.25 bits per heavy atom. The molecule has 112 valence electrons. The van der Waals surface area contributed by atoms with Gasteiger partial charge in [-0.05, 0) is 51.3 Å². The van der Waals surface area contributed by atoms with Gasteiger partial charge in [0.1, 0.15) is 0 Å². The van der Waals surface area contributed by atoms with E-state index in [2.05, 4.69) is 51.7 Å². The molecule has 1 aliphatic heterocycles. The van der Waals surface area contributed by atoms with Crippen LogP contribution in [0.5, 0.6) is 0 Å². The number of ether oxygens (including phenoxy) is 1. The molecule has 20 heavy (non-hydrogen) atoms. The first-order valence-electron chi connectivity index (χ1n) is 7.47. The molecular formula is C17H28N2O. The number of hydrogen-bond donors (Lipinski definition) is 1. The Morgan fingerprint density at radius 3 is 2.40 bits per heavy atom. The zero-order valence-corrected chi connectivity index (χ0v) is 13.5. The third kappa shape index (κ3) is 3.22. The molecule has 0 aliphatic carbocycles. The fourth-order valence-electron chi connectivity index (χ4n) is 3.33. The van der Waals surface area contributed by atoms with Gasteiger partial charge >= 0.3 is 0 Å². The highest BCUT2D eigenvalue weighted by Gasteiger charge is 2.32. The van der Waals surface area contributed by atoms with Crippen molar-refractivity contribution in [3.63, 3.8) is 0 Å². The first-order chi connectivity index (χ1) is 9.31. The maximum Gasteiger partial charge on any atom is 0.0645 e. The minimum absolute atomic E-state index is 0.0629. The van der Waals surface area contributed by atoms with Crippen LogP contribution in [-0.4, -0.2) is 36.7 Å². The van der Waals surface area contributed by atoms with Crippen LogP contribution in [0.25, 0.3) is 0 Å². The number of aryl methyl sites for hydroxylation is 3. The maximum absolute atomic E-state index is 6.52. The van der Waals surface area contributed by atoms with E-state index < -0.39 is 0 Å². The fraction of sp³-hybridized carbons (Fsp3) is 0.647. The number of rotatable bonds is 3. The summed E-state index contributed by atoms with van der Waals surface area (Å²) in [5.74, 6) is 0. The maximum atomic E-state index is 6.52. The lowest BCUT2D eigenvalue weighted by Crippen LogP contribution is -2.54. The molecule has 3 heteroatoms. The Hall–Kier alpha value is -0.900. The van der Waals surface area contributed by atoms with Crippen molar-refractivity contribution >= 4 is 0 Å². The average molecular weight is 276 g/mol. The summed E-state index contributed by atoms with van der Waals surface area (Å²) in [5.41, 5.74) is 11.8. The zero-order valence-electron chi connectivity index (χ0n) is 13.5. The molecule has 0 bridgehead atoms. The molecule has 1 unspecified atom stereocenters. The van der Waals surface area contributed by atoms with E-state index in [1.54, 1.807) is 0 Å². The second-order valence-corrected chi connectivity index (χ2v) is 6.73. The van der Waals surface area contributed by atoms with Gasteiger partial charge in [0, 0.05) is 24.7 Å². The van der Waals surface area contributed by atoms with Crippen molar-refractivity contribution in [2.24, 2.45) is 5.73 Å². The first kappa shape index (κ1) is 15.5. The molecule has 1 aromatic carbocycles. The molecule has 1 fully saturated rings. The summed E-state index contributed by atoms with van der Waals surface area (Å²) >= 11 is 0. The monoisotopic (exact) mass is 276 g/mol. The lowest BCUT2D eigenvalue weighted by molar-refractivity contribution is -0.0532. The number of nitrogens with zero attached hydrogens (tertiary/aromatic N) is 1. The van der Waals surface area contributed by atoms with E-state index in [4.69, 9.17) is 10.5 Å². The van der Waals surface area contributed by atoms with Crippen molar-refractivity contribution < 1.29 is 4.74 Å². The van der Waals surface area contributed by atoms with Gasteiger partial charge in [0.05, 0.1) is 13.2 Å². The van der Waals surface area contributed by atoms with Gasteiger partial charge in [-0.3, -0.25) is 4.90 Å². The molecule has 0 aromatic heterocycles. The van der Waals surface area contributed by atoms with Gasteiger partial charge < -0.3 is 10.5 Å². The zero-order chi connectivity index (χ0) is 14.9. The van der Waals surface area contributed by atoms with Gasteiger partial charge in [-0.2, -0.15) is 0 Å². The van der Waals surface area contributed by atoms with Gasteiger partial charge in [0.2, 0.25) is 0 Å². The van der Waals surface area contributed by atoms with Crippen LogP contribution in [-0.2, 0) is 4.74 Å². The van der Waals surface area contributed by atoms with Crippen molar-refractivity contribution in [2.75, 3.05) is 26.3 Å². The predicted molar refractivity (Wildman–Crippen MR) is 84.1 cm³/mol. The van der Waals surface area contributed by atoms with Crippen molar-refractivity contribution in [3.05, 3.63) is 34.4 Å². The molecule has 1 aliphatic rings. The molecule has 0 radical (unpaired) electrons. The van der Waals surface area contributed by atoms with Crippen molar-refractivity contribution in [1.29, 1.82) is 0 Å². The van der Waals surface area contributed by atoms with E-state index in [1.165, 1.54) is 22.3 Å².